The minimum Gasteiger partial charge on any atom is -0.338 e. The number of carbonyl (C=O) groups excluding carboxylic acids is 2. The summed E-state index contributed by atoms with van der Waals surface area (Å²) in [5.41, 5.74) is 0.583. The fourth-order valence-corrected chi connectivity index (χ4v) is 3.19. The number of benzene rings is 1. The standard InChI is InChI=1S/C18H17BrClN3O2/c19-14-5-8-16(21-10-14)22-17(24)13-2-1-9-23(11-13)18(25)12-3-6-15(20)7-4-12/h3-8,10,13H,1-2,9,11H2,(H,21,22,24)/t13-/m0/s1. The van der Waals surface area contributed by atoms with Crippen LogP contribution in [0.3, 0.4) is 0 Å². The van der Waals surface area contributed by atoms with Crippen LogP contribution < -0.4 is 5.32 Å². The zero-order valence-corrected chi connectivity index (χ0v) is 15.8. The fraction of sp³-hybridized carbons (Fsp3) is 0.278. The maximum absolute atomic E-state index is 12.6. The molecule has 0 aliphatic carbocycles. The number of halogens is 2. The summed E-state index contributed by atoms with van der Waals surface area (Å²) in [5, 5.41) is 3.41. The maximum Gasteiger partial charge on any atom is 0.253 e. The van der Waals surface area contributed by atoms with Gasteiger partial charge in [0.25, 0.3) is 5.91 Å². The van der Waals surface area contributed by atoms with Crippen molar-refractivity contribution >= 4 is 45.2 Å². The molecule has 25 heavy (non-hydrogen) atoms. The van der Waals surface area contributed by atoms with Crippen molar-refractivity contribution in [2.75, 3.05) is 18.4 Å². The Morgan fingerprint density at radius 2 is 1.96 bits per heavy atom. The zero-order valence-electron chi connectivity index (χ0n) is 13.4. The Labute approximate surface area is 159 Å². The first-order valence-corrected chi connectivity index (χ1v) is 9.17. The lowest BCUT2D eigenvalue weighted by Crippen LogP contribution is -2.43. The molecular formula is C18H17BrClN3O2. The summed E-state index contributed by atoms with van der Waals surface area (Å²) in [5.74, 6) is 0.0872. The molecule has 3 rings (SSSR count). The van der Waals surface area contributed by atoms with Crippen molar-refractivity contribution in [2.24, 2.45) is 5.92 Å². The monoisotopic (exact) mass is 421 g/mol. The van der Waals surface area contributed by atoms with Gasteiger partial charge in [0.1, 0.15) is 5.82 Å². The number of hydrogen-bond acceptors (Lipinski definition) is 3. The summed E-state index contributed by atoms with van der Waals surface area (Å²) in [7, 11) is 0. The molecule has 2 heterocycles. The van der Waals surface area contributed by atoms with Crippen LogP contribution in [0.25, 0.3) is 0 Å². The van der Waals surface area contributed by atoms with Crippen LogP contribution in [-0.2, 0) is 4.79 Å². The summed E-state index contributed by atoms with van der Waals surface area (Å²) in [4.78, 5) is 31.0. The molecule has 0 spiro atoms. The van der Waals surface area contributed by atoms with Crippen LogP contribution >= 0.6 is 27.5 Å². The first-order valence-electron chi connectivity index (χ1n) is 8.00. The number of piperidine rings is 1. The predicted octanol–water partition coefficient (Wildman–Crippen LogP) is 3.99. The summed E-state index contributed by atoms with van der Waals surface area (Å²) < 4.78 is 0.850. The fourth-order valence-electron chi connectivity index (χ4n) is 2.83. The second-order valence-electron chi connectivity index (χ2n) is 5.95. The Morgan fingerprint density at radius 3 is 2.64 bits per heavy atom. The van der Waals surface area contributed by atoms with Gasteiger partial charge in [-0.15, -0.1) is 0 Å². The normalized spacial score (nSPS) is 17.2. The number of rotatable bonds is 3. The molecule has 1 N–H and O–H groups in total. The molecule has 0 radical (unpaired) electrons. The quantitative estimate of drug-likeness (QED) is 0.813. The third-order valence-corrected chi connectivity index (χ3v) is 4.87. The highest BCUT2D eigenvalue weighted by Crippen LogP contribution is 2.21. The van der Waals surface area contributed by atoms with E-state index in [9.17, 15) is 9.59 Å². The number of aromatic nitrogens is 1. The van der Waals surface area contributed by atoms with Gasteiger partial charge < -0.3 is 10.2 Å². The van der Waals surface area contributed by atoms with Crippen molar-refractivity contribution in [1.82, 2.24) is 9.88 Å². The lowest BCUT2D eigenvalue weighted by molar-refractivity contribution is -0.121. The second-order valence-corrected chi connectivity index (χ2v) is 7.30. The molecule has 7 heteroatoms. The lowest BCUT2D eigenvalue weighted by Gasteiger charge is -2.32. The van der Waals surface area contributed by atoms with Crippen LogP contribution in [-0.4, -0.2) is 34.8 Å². The van der Waals surface area contributed by atoms with Crippen molar-refractivity contribution in [2.45, 2.75) is 12.8 Å². The van der Waals surface area contributed by atoms with Crippen molar-refractivity contribution < 1.29 is 9.59 Å². The summed E-state index contributed by atoms with van der Waals surface area (Å²) in [6.45, 7) is 1.06. The van der Waals surface area contributed by atoms with E-state index in [1.165, 1.54) is 0 Å². The maximum atomic E-state index is 12.6. The number of anilines is 1. The Bertz CT molecular complexity index is 765. The molecule has 5 nitrogen and oxygen atoms in total. The molecule has 1 saturated heterocycles. The van der Waals surface area contributed by atoms with E-state index in [1.54, 1.807) is 41.4 Å². The molecule has 0 saturated carbocycles. The molecular weight excluding hydrogens is 406 g/mol. The first kappa shape index (κ1) is 17.9. The smallest absolute Gasteiger partial charge is 0.253 e. The molecule has 2 aromatic rings. The van der Waals surface area contributed by atoms with E-state index in [2.05, 4.69) is 26.2 Å². The summed E-state index contributed by atoms with van der Waals surface area (Å²) in [6, 6.07) is 10.4. The van der Waals surface area contributed by atoms with Crippen LogP contribution in [0.15, 0.2) is 47.1 Å². The minimum atomic E-state index is -0.240. The van der Waals surface area contributed by atoms with Gasteiger partial charge in [0.2, 0.25) is 5.91 Å². The Kier molecular flexibility index (Phi) is 5.71. The van der Waals surface area contributed by atoms with Gasteiger partial charge in [0, 0.05) is 34.3 Å². The van der Waals surface area contributed by atoms with Crippen molar-refractivity contribution in [3.05, 3.63) is 57.7 Å². The topological polar surface area (TPSA) is 62.3 Å². The lowest BCUT2D eigenvalue weighted by atomic mass is 9.96. The number of hydrogen-bond donors (Lipinski definition) is 1. The highest BCUT2D eigenvalue weighted by Gasteiger charge is 2.29. The van der Waals surface area contributed by atoms with E-state index in [1.807, 2.05) is 6.07 Å². The highest BCUT2D eigenvalue weighted by atomic mass is 79.9. The molecule has 0 bridgehead atoms. The van der Waals surface area contributed by atoms with Crippen LogP contribution in [0.4, 0.5) is 5.82 Å². The van der Waals surface area contributed by atoms with Crippen LogP contribution in [0.2, 0.25) is 5.02 Å². The van der Waals surface area contributed by atoms with Crippen molar-refractivity contribution in [3.63, 3.8) is 0 Å². The molecule has 1 aliphatic rings. The number of carbonyl (C=O) groups is 2. The third kappa shape index (κ3) is 4.58. The van der Waals surface area contributed by atoms with E-state index in [0.717, 1.165) is 17.3 Å². The average Bonchev–Trinajstić information content (AvgIpc) is 2.64. The summed E-state index contributed by atoms with van der Waals surface area (Å²) >= 11 is 9.18. The van der Waals surface area contributed by atoms with Gasteiger partial charge in [0.05, 0.1) is 5.92 Å². The molecule has 1 atom stereocenters. The van der Waals surface area contributed by atoms with E-state index >= 15 is 0 Å². The predicted molar refractivity (Wildman–Crippen MR) is 101 cm³/mol. The largest absolute Gasteiger partial charge is 0.338 e. The number of nitrogens with one attached hydrogen (secondary N) is 1. The van der Waals surface area contributed by atoms with Gasteiger partial charge in [0.15, 0.2) is 0 Å². The second kappa shape index (κ2) is 7.97. The van der Waals surface area contributed by atoms with Gasteiger partial charge in [-0.05, 0) is 65.2 Å². The Balaban J connectivity index is 1.63. The SMILES string of the molecule is O=C(Nc1ccc(Br)cn1)[C@H]1CCCN(C(=O)c2ccc(Cl)cc2)C1. The Hall–Kier alpha value is -1.92. The van der Waals surface area contributed by atoms with Gasteiger partial charge in [-0.1, -0.05) is 11.6 Å². The minimum absolute atomic E-state index is 0.0732. The Morgan fingerprint density at radius 1 is 1.20 bits per heavy atom. The average molecular weight is 423 g/mol. The van der Waals surface area contributed by atoms with Crippen molar-refractivity contribution in [3.8, 4) is 0 Å². The van der Waals surface area contributed by atoms with E-state index in [0.29, 0.717) is 29.5 Å². The molecule has 0 unspecified atom stereocenters. The number of likely N-dealkylation sites (tertiary alicyclic amines) is 1. The molecule has 1 aromatic heterocycles. The molecule has 1 aromatic carbocycles. The number of amides is 2. The van der Waals surface area contributed by atoms with E-state index in [-0.39, 0.29) is 17.7 Å². The van der Waals surface area contributed by atoms with Crippen LogP contribution in [0.5, 0.6) is 0 Å². The number of nitrogens with zero attached hydrogens (tertiary/aromatic N) is 2. The molecule has 1 fully saturated rings. The van der Waals surface area contributed by atoms with E-state index in [4.69, 9.17) is 11.6 Å². The molecule has 130 valence electrons. The zero-order chi connectivity index (χ0) is 17.8. The van der Waals surface area contributed by atoms with Crippen LogP contribution in [0, 0.1) is 5.92 Å². The molecule has 1 aliphatic heterocycles. The van der Waals surface area contributed by atoms with Gasteiger partial charge in [-0.2, -0.15) is 0 Å². The summed E-state index contributed by atoms with van der Waals surface area (Å²) in [6.07, 6.45) is 3.19. The van der Waals surface area contributed by atoms with Gasteiger partial charge in [-0.3, -0.25) is 9.59 Å². The van der Waals surface area contributed by atoms with Crippen LogP contribution in [0.1, 0.15) is 23.2 Å². The van der Waals surface area contributed by atoms with Gasteiger partial charge >= 0.3 is 0 Å². The first-order chi connectivity index (χ1) is 12.0. The molecule has 2 amide bonds. The van der Waals surface area contributed by atoms with E-state index < -0.39 is 0 Å². The highest BCUT2D eigenvalue weighted by molar-refractivity contribution is 9.10. The number of pyridine rings is 1. The third-order valence-electron chi connectivity index (χ3n) is 4.15. The van der Waals surface area contributed by atoms with Crippen molar-refractivity contribution in [1.29, 1.82) is 0 Å². The van der Waals surface area contributed by atoms with Gasteiger partial charge in [-0.25, -0.2) is 4.98 Å².